The summed E-state index contributed by atoms with van der Waals surface area (Å²) in [4.78, 5) is 23.4. The lowest BCUT2D eigenvalue weighted by Crippen LogP contribution is -2.35. The number of nitrogens with one attached hydrogen (secondary N) is 1. The highest BCUT2D eigenvalue weighted by atomic mass is 16.1. The van der Waals surface area contributed by atoms with Crippen molar-refractivity contribution in [2.45, 2.75) is 52.0 Å². The van der Waals surface area contributed by atoms with Gasteiger partial charge in [-0.25, -0.2) is 0 Å². The zero-order chi connectivity index (χ0) is 15.4. The molecule has 2 rings (SSSR count). The lowest BCUT2D eigenvalue weighted by molar-refractivity contribution is -0.118. The van der Waals surface area contributed by atoms with Gasteiger partial charge in [0.15, 0.2) is 5.78 Å². The maximum Gasteiger partial charge on any atom is 0.261 e. The summed E-state index contributed by atoms with van der Waals surface area (Å²) < 4.78 is 0. The topological polar surface area (TPSA) is 70.0 Å². The molecule has 0 radical (unpaired) electrons. The van der Waals surface area contributed by atoms with Crippen molar-refractivity contribution in [1.82, 2.24) is 5.32 Å². The third kappa shape index (κ3) is 4.29. The van der Waals surface area contributed by atoms with Crippen LogP contribution in [0.3, 0.4) is 0 Å². The zero-order valence-electron chi connectivity index (χ0n) is 12.7. The number of carbonyl (C=O) groups excluding carboxylic acids is 2. The van der Waals surface area contributed by atoms with Gasteiger partial charge in [0, 0.05) is 12.5 Å². The number of nitrogens with zero attached hydrogens (tertiary/aromatic N) is 1. The maximum absolute atomic E-state index is 12.0. The number of hydrogen-bond donors (Lipinski definition) is 1. The van der Waals surface area contributed by atoms with Crippen molar-refractivity contribution < 1.29 is 9.59 Å². The van der Waals surface area contributed by atoms with Crippen LogP contribution in [0, 0.1) is 23.2 Å². The van der Waals surface area contributed by atoms with Gasteiger partial charge in [-0.3, -0.25) is 9.59 Å². The van der Waals surface area contributed by atoms with E-state index in [2.05, 4.69) is 5.32 Å². The second kappa shape index (κ2) is 6.71. The predicted molar refractivity (Wildman–Crippen MR) is 80.1 cm³/mol. The Hall–Kier alpha value is -1.89. The molecule has 2 aliphatic carbocycles. The highest BCUT2D eigenvalue weighted by Crippen LogP contribution is 2.32. The minimum atomic E-state index is -0.273. The van der Waals surface area contributed by atoms with Gasteiger partial charge in [0.2, 0.25) is 0 Å². The molecule has 112 valence electrons. The first kappa shape index (κ1) is 15.5. The first-order valence-corrected chi connectivity index (χ1v) is 7.70. The number of nitriles is 1. The van der Waals surface area contributed by atoms with E-state index in [1.807, 2.05) is 26.0 Å². The van der Waals surface area contributed by atoms with Crippen LogP contribution < -0.4 is 5.32 Å². The lowest BCUT2D eigenvalue weighted by Gasteiger charge is -2.27. The van der Waals surface area contributed by atoms with E-state index >= 15 is 0 Å². The zero-order valence-corrected chi connectivity index (χ0v) is 12.7. The van der Waals surface area contributed by atoms with Gasteiger partial charge in [0.25, 0.3) is 5.91 Å². The van der Waals surface area contributed by atoms with Crippen LogP contribution in [-0.4, -0.2) is 17.7 Å². The number of allylic oxidation sites excluding steroid dienone is 3. The van der Waals surface area contributed by atoms with Crippen LogP contribution in [0.1, 0.15) is 46.0 Å². The molecule has 0 saturated heterocycles. The van der Waals surface area contributed by atoms with Gasteiger partial charge < -0.3 is 5.32 Å². The summed E-state index contributed by atoms with van der Waals surface area (Å²) in [5, 5.41) is 11.9. The van der Waals surface area contributed by atoms with Crippen molar-refractivity contribution in [3.05, 3.63) is 23.3 Å². The molecule has 1 amide bonds. The fraction of sp³-hybridized carbons (Fsp3) is 0.588. The van der Waals surface area contributed by atoms with E-state index in [1.54, 1.807) is 6.08 Å². The minimum absolute atomic E-state index is 0.00739. The van der Waals surface area contributed by atoms with E-state index < -0.39 is 0 Å². The van der Waals surface area contributed by atoms with E-state index in [0.29, 0.717) is 18.3 Å². The molecule has 4 heteroatoms. The molecule has 4 nitrogen and oxygen atoms in total. The van der Waals surface area contributed by atoms with Crippen molar-refractivity contribution in [3.63, 3.8) is 0 Å². The summed E-state index contributed by atoms with van der Waals surface area (Å²) in [5.41, 5.74) is 1.16. The van der Waals surface area contributed by atoms with Gasteiger partial charge in [-0.15, -0.1) is 0 Å². The van der Waals surface area contributed by atoms with E-state index in [1.165, 1.54) is 0 Å². The number of carbonyl (C=O) groups is 2. The Morgan fingerprint density at radius 1 is 1.52 bits per heavy atom. The number of rotatable bonds is 7. The average molecular weight is 286 g/mol. The standard InChI is InChI=1S/C17H22N2O2/c1-3-16(20)14-8-13(9-14)6-11(2)19-17(21)15(10-18)7-12-4-5-12/h7-8,11-13H,3-6,9H2,1-2H3,(H,19,21)/b15-7-. The summed E-state index contributed by atoms with van der Waals surface area (Å²) >= 11 is 0. The smallest absolute Gasteiger partial charge is 0.261 e. The molecular formula is C17H22N2O2. The quantitative estimate of drug-likeness (QED) is 0.578. The molecule has 2 unspecified atom stereocenters. The number of Topliss-reactive ketones (excluding diaryl/α,β-unsaturated/α-hetero) is 1. The molecule has 0 aromatic rings. The first-order valence-electron chi connectivity index (χ1n) is 7.70. The molecule has 1 fully saturated rings. The summed E-state index contributed by atoms with van der Waals surface area (Å²) in [6.07, 6.45) is 8.14. The molecule has 0 aliphatic heterocycles. The van der Waals surface area contributed by atoms with Crippen LogP contribution >= 0.6 is 0 Å². The van der Waals surface area contributed by atoms with Crippen LogP contribution in [0.25, 0.3) is 0 Å². The van der Waals surface area contributed by atoms with Crippen LogP contribution in [-0.2, 0) is 9.59 Å². The van der Waals surface area contributed by atoms with Crippen LogP contribution in [0.15, 0.2) is 23.3 Å². The minimum Gasteiger partial charge on any atom is -0.349 e. The number of amides is 1. The average Bonchev–Trinajstić information content (AvgIpc) is 3.22. The molecule has 0 spiro atoms. The molecular weight excluding hydrogens is 264 g/mol. The summed E-state index contributed by atoms with van der Waals surface area (Å²) in [7, 11) is 0. The van der Waals surface area contributed by atoms with Crippen molar-refractivity contribution in [3.8, 4) is 6.07 Å². The van der Waals surface area contributed by atoms with Gasteiger partial charge in [-0.05, 0) is 50.0 Å². The normalized spacial score (nSPS) is 22.6. The first-order chi connectivity index (χ1) is 10.0. The van der Waals surface area contributed by atoms with Crippen molar-refractivity contribution in [2.24, 2.45) is 11.8 Å². The second-order valence-corrected chi connectivity index (χ2v) is 6.07. The molecule has 2 atom stereocenters. The summed E-state index contributed by atoms with van der Waals surface area (Å²) in [6.45, 7) is 3.81. The van der Waals surface area contributed by atoms with E-state index in [4.69, 9.17) is 5.26 Å². The van der Waals surface area contributed by atoms with E-state index in [0.717, 1.165) is 31.3 Å². The molecule has 1 N–H and O–H groups in total. The van der Waals surface area contributed by atoms with Crippen LogP contribution in [0.4, 0.5) is 0 Å². The molecule has 0 heterocycles. The second-order valence-electron chi connectivity index (χ2n) is 6.07. The van der Waals surface area contributed by atoms with Gasteiger partial charge in [0.1, 0.15) is 11.6 Å². The van der Waals surface area contributed by atoms with Gasteiger partial charge in [-0.1, -0.05) is 19.1 Å². The van der Waals surface area contributed by atoms with Crippen molar-refractivity contribution in [1.29, 1.82) is 5.26 Å². The Balaban J connectivity index is 1.79. The number of ketones is 1. The van der Waals surface area contributed by atoms with Gasteiger partial charge in [-0.2, -0.15) is 5.26 Å². The third-order valence-corrected chi connectivity index (χ3v) is 4.02. The SMILES string of the molecule is CCC(=O)C1=CC(CC(C)NC(=O)/C(C#N)=C\C2CC2)C1. The highest BCUT2D eigenvalue weighted by Gasteiger charge is 2.26. The summed E-state index contributed by atoms with van der Waals surface area (Å²) in [6, 6.07) is 1.99. The van der Waals surface area contributed by atoms with E-state index in [9.17, 15) is 9.59 Å². The predicted octanol–water partition coefficient (Wildman–Crippen LogP) is 2.67. The summed E-state index contributed by atoms with van der Waals surface area (Å²) in [5.74, 6) is 0.730. The Morgan fingerprint density at radius 2 is 2.19 bits per heavy atom. The molecule has 0 aromatic carbocycles. The van der Waals surface area contributed by atoms with E-state index in [-0.39, 0.29) is 23.3 Å². The van der Waals surface area contributed by atoms with Crippen molar-refractivity contribution >= 4 is 11.7 Å². The molecule has 1 saturated carbocycles. The largest absolute Gasteiger partial charge is 0.349 e. The Labute approximate surface area is 125 Å². The lowest BCUT2D eigenvalue weighted by atomic mass is 9.80. The van der Waals surface area contributed by atoms with Crippen LogP contribution in [0.2, 0.25) is 0 Å². The monoisotopic (exact) mass is 286 g/mol. The fourth-order valence-electron chi connectivity index (χ4n) is 2.60. The number of hydrogen-bond acceptors (Lipinski definition) is 3. The van der Waals surface area contributed by atoms with Crippen molar-refractivity contribution in [2.75, 3.05) is 0 Å². The van der Waals surface area contributed by atoms with Crippen LogP contribution in [0.5, 0.6) is 0 Å². The molecule has 21 heavy (non-hydrogen) atoms. The maximum atomic E-state index is 12.0. The van der Waals surface area contributed by atoms with Gasteiger partial charge in [0.05, 0.1) is 0 Å². The Kier molecular flexibility index (Phi) is 4.95. The highest BCUT2D eigenvalue weighted by molar-refractivity contribution is 5.97. The fourth-order valence-corrected chi connectivity index (χ4v) is 2.60. The molecule has 0 aromatic heterocycles. The third-order valence-electron chi connectivity index (χ3n) is 4.02. The van der Waals surface area contributed by atoms with Gasteiger partial charge >= 0.3 is 0 Å². The molecule has 0 bridgehead atoms. The molecule has 2 aliphatic rings. The Morgan fingerprint density at radius 3 is 2.71 bits per heavy atom. The Bertz CT molecular complexity index is 535.